The number of piperidine rings is 1. The zero-order valence-corrected chi connectivity index (χ0v) is 9.80. The maximum atomic E-state index is 8.99. The van der Waals surface area contributed by atoms with Crippen molar-refractivity contribution in [2.24, 2.45) is 0 Å². The van der Waals surface area contributed by atoms with Gasteiger partial charge >= 0.3 is 0 Å². The van der Waals surface area contributed by atoms with Gasteiger partial charge in [-0.05, 0) is 31.0 Å². The van der Waals surface area contributed by atoms with Crippen LogP contribution in [-0.4, -0.2) is 18.1 Å². The topological polar surface area (TPSA) is 39.1 Å². The van der Waals surface area contributed by atoms with Crippen LogP contribution in [0.1, 0.15) is 24.8 Å². The summed E-state index contributed by atoms with van der Waals surface area (Å²) in [6, 6.07) is 7.45. The molecule has 1 fully saturated rings. The second kappa shape index (κ2) is 5.20. The van der Waals surface area contributed by atoms with Crippen molar-refractivity contribution < 1.29 is 0 Å². The molecule has 0 aromatic heterocycles. The van der Waals surface area contributed by atoms with E-state index in [-0.39, 0.29) is 0 Å². The number of nitriles is 1. The van der Waals surface area contributed by atoms with E-state index < -0.39 is 0 Å². The first-order valence-electron chi connectivity index (χ1n) is 5.51. The van der Waals surface area contributed by atoms with Gasteiger partial charge in [-0.1, -0.05) is 18.0 Å². The monoisotopic (exact) mass is 235 g/mol. The highest BCUT2D eigenvalue weighted by Crippen LogP contribution is 2.22. The lowest BCUT2D eigenvalue weighted by atomic mass is 10.1. The van der Waals surface area contributed by atoms with E-state index in [4.69, 9.17) is 16.9 Å². The fourth-order valence-corrected chi connectivity index (χ4v) is 2.05. The standard InChI is InChI=1S/C12H14ClN3/c13-11-5-4-10(9-14)12(8-11)15-16-6-2-1-3-7-16/h4-5,8,15H,1-3,6-7H2. The average molecular weight is 236 g/mol. The number of hydrogen-bond acceptors (Lipinski definition) is 3. The summed E-state index contributed by atoms with van der Waals surface area (Å²) < 4.78 is 0. The molecule has 4 heteroatoms. The van der Waals surface area contributed by atoms with Crippen molar-refractivity contribution >= 4 is 17.3 Å². The first-order chi connectivity index (χ1) is 7.79. The predicted molar refractivity (Wildman–Crippen MR) is 65.2 cm³/mol. The highest BCUT2D eigenvalue weighted by molar-refractivity contribution is 6.30. The van der Waals surface area contributed by atoms with Gasteiger partial charge in [0.15, 0.2) is 0 Å². The van der Waals surface area contributed by atoms with Crippen LogP contribution >= 0.6 is 11.6 Å². The maximum Gasteiger partial charge on any atom is 0.101 e. The molecule has 0 bridgehead atoms. The fraction of sp³-hybridized carbons (Fsp3) is 0.417. The smallest absolute Gasteiger partial charge is 0.101 e. The normalized spacial score (nSPS) is 16.8. The van der Waals surface area contributed by atoms with E-state index in [0.29, 0.717) is 10.6 Å². The van der Waals surface area contributed by atoms with Gasteiger partial charge in [-0.3, -0.25) is 0 Å². The SMILES string of the molecule is N#Cc1ccc(Cl)cc1NN1CCCCC1. The van der Waals surface area contributed by atoms with Crippen LogP contribution in [0.3, 0.4) is 0 Å². The van der Waals surface area contributed by atoms with Crippen LogP contribution in [0.25, 0.3) is 0 Å². The zero-order valence-electron chi connectivity index (χ0n) is 9.04. The lowest BCUT2D eigenvalue weighted by Gasteiger charge is -2.28. The largest absolute Gasteiger partial charge is 0.317 e. The zero-order chi connectivity index (χ0) is 11.4. The third-order valence-corrected chi connectivity index (χ3v) is 2.97. The minimum absolute atomic E-state index is 0.634. The number of rotatable bonds is 2. The highest BCUT2D eigenvalue weighted by Gasteiger charge is 2.11. The molecular formula is C12H14ClN3. The Morgan fingerprint density at radius 1 is 1.25 bits per heavy atom. The lowest BCUT2D eigenvalue weighted by Crippen LogP contribution is -2.35. The van der Waals surface area contributed by atoms with E-state index in [1.165, 1.54) is 19.3 Å². The minimum Gasteiger partial charge on any atom is -0.317 e. The molecule has 0 atom stereocenters. The molecule has 1 aromatic carbocycles. The summed E-state index contributed by atoms with van der Waals surface area (Å²) in [6.07, 6.45) is 3.70. The van der Waals surface area contributed by atoms with E-state index >= 15 is 0 Å². The molecule has 2 rings (SSSR count). The Morgan fingerprint density at radius 2 is 2.00 bits per heavy atom. The summed E-state index contributed by atoms with van der Waals surface area (Å²) in [6.45, 7) is 2.05. The van der Waals surface area contributed by atoms with Crippen molar-refractivity contribution in [2.75, 3.05) is 18.5 Å². The Labute approximate surface area is 101 Å². The van der Waals surface area contributed by atoms with Gasteiger partial charge in [0.1, 0.15) is 6.07 Å². The molecule has 1 aliphatic rings. The number of hydrazine groups is 1. The van der Waals surface area contributed by atoms with E-state index in [9.17, 15) is 0 Å². The molecule has 0 amide bonds. The molecule has 0 spiro atoms. The summed E-state index contributed by atoms with van der Waals surface area (Å²) >= 11 is 5.92. The van der Waals surface area contributed by atoms with Gasteiger partial charge in [-0.15, -0.1) is 0 Å². The summed E-state index contributed by atoms with van der Waals surface area (Å²) in [4.78, 5) is 0. The highest BCUT2D eigenvalue weighted by atomic mass is 35.5. The Kier molecular flexibility index (Phi) is 3.66. The van der Waals surface area contributed by atoms with Crippen LogP contribution in [0, 0.1) is 11.3 Å². The van der Waals surface area contributed by atoms with E-state index in [1.807, 2.05) is 0 Å². The molecule has 0 aliphatic carbocycles. The second-order valence-electron chi connectivity index (χ2n) is 3.96. The van der Waals surface area contributed by atoms with Crippen LogP contribution < -0.4 is 5.43 Å². The molecule has 1 heterocycles. The third-order valence-electron chi connectivity index (χ3n) is 2.74. The Morgan fingerprint density at radius 3 is 2.69 bits per heavy atom. The number of nitrogens with zero attached hydrogens (tertiary/aromatic N) is 2. The lowest BCUT2D eigenvalue weighted by molar-refractivity contribution is 0.273. The molecule has 1 saturated heterocycles. The van der Waals surface area contributed by atoms with Crippen molar-refractivity contribution in [1.29, 1.82) is 5.26 Å². The van der Waals surface area contributed by atoms with Crippen molar-refractivity contribution in [3.63, 3.8) is 0 Å². The Hall–Kier alpha value is -1.24. The quantitative estimate of drug-likeness (QED) is 0.857. The molecule has 1 N–H and O–H groups in total. The summed E-state index contributed by atoms with van der Waals surface area (Å²) in [5.41, 5.74) is 4.70. The van der Waals surface area contributed by atoms with Crippen LogP contribution in [0.4, 0.5) is 5.69 Å². The van der Waals surface area contributed by atoms with Gasteiger partial charge in [-0.2, -0.15) is 5.26 Å². The minimum atomic E-state index is 0.634. The number of anilines is 1. The van der Waals surface area contributed by atoms with E-state index in [0.717, 1.165) is 18.8 Å². The van der Waals surface area contributed by atoms with Crippen molar-refractivity contribution in [1.82, 2.24) is 5.01 Å². The van der Waals surface area contributed by atoms with E-state index in [2.05, 4.69) is 16.5 Å². The fourth-order valence-electron chi connectivity index (χ4n) is 1.88. The number of benzene rings is 1. The van der Waals surface area contributed by atoms with Gasteiger partial charge < -0.3 is 5.43 Å². The predicted octanol–water partition coefficient (Wildman–Crippen LogP) is 3.02. The molecule has 84 valence electrons. The summed E-state index contributed by atoms with van der Waals surface area (Å²) in [7, 11) is 0. The molecule has 0 unspecified atom stereocenters. The van der Waals surface area contributed by atoms with Gasteiger partial charge in [0, 0.05) is 18.1 Å². The van der Waals surface area contributed by atoms with Crippen molar-refractivity contribution in [2.45, 2.75) is 19.3 Å². The van der Waals surface area contributed by atoms with E-state index in [1.54, 1.807) is 18.2 Å². The molecular weight excluding hydrogens is 222 g/mol. The average Bonchev–Trinajstić information content (AvgIpc) is 2.31. The molecule has 1 aromatic rings. The van der Waals surface area contributed by atoms with Crippen molar-refractivity contribution in [3.05, 3.63) is 28.8 Å². The number of nitrogens with one attached hydrogen (secondary N) is 1. The molecule has 0 saturated carbocycles. The molecule has 0 radical (unpaired) electrons. The van der Waals surface area contributed by atoms with Crippen molar-refractivity contribution in [3.8, 4) is 6.07 Å². The maximum absolute atomic E-state index is 8.99. The molecule has 3 nitrogen and oxygen atoms in total. The third kappa shape index (κ3) is 2.66. The van der Waals surface area contributed by atoms with Gasteiger partial charge in [-0.25, -0.2) is 5.01 Å². The Balaban J connectivity index is 2.13. The van der Waals surface area contributed by atoms with Crippen LogP contribution in [0.2, 0.25) is 5.02 Å². The van der Waals surface area contributed by atoms with Gasteiger partial charge in [0.25, 0.3) is 0 Å². The first-order valence-corrected chi connectivity index (χ1v) is 5.88. The first kappa shape index (κ1) is 11.3. The van der Waals surface area contributed by atoms with Gasteiger partial charge in [0.05, 0.1) is 11.3 Å². The molecule has 1 aliphatic heterocycles. The van der Waals surface area contributed by atoms with Crippen LogP contribution in [-0.2, 0) is 0 Å². The second-order valence-corrected chi connectivity index (χ2v) is 4.40. The Bertz CT molecular complexity index is 405. The summed E-state index contributed by atoms with van der Waals surface area (Å²) in [5.74, 6) is 0. The number of hydrogen-bond donors (Lipinski definition) is 1. The van der Waals surface area contributed by atoms with Gasteiger partial charge in [0.2, 0.25) is 0 Å². The number of halogens is 1. The van der Waals surface area contributed by atoms with Crippen LogP contribution in [0.15, 0.2) is 18.2 Å². The molecule has 16 heavy (non-hydrogen) atoms. The summed E-state index contributed by atoms with van der Waals surface area (Å²) in [5, 5.41) is 11.8. The van der Waals surface area contributed by atoms with Crippen LogP contribution in [0.5, 0.6) is 0 Å².